The molecule has 2 heterocycles. The lowest BCUT2D eigenvalue weighted by atomic mass is 9.92. The van der Waals surface area contributed by atoms with Gasteiger partial charge >= 0.3 is 0 Å². The third-order valence-electron chi connectivity index (χ3n) is 5.70. The van der Waals surface area contributed by atoms with Gasteiger partial charge in [-0.15, -0.1) is 0 Å². The van der Waals surface area contributed by atoms with Crippen molar-refractivity contribution in [2.24, 2.45) is 11.8 Å². The van der Waals surface area contributed by atoms with Gasteiger partial charge in [-0.2, -0.15) is 0 Å². The SMILES string of the molecule is CCOc1ccc(C[NH+]2CCC(C(=O)N3CCC[C@H](C)C3)CC2)cc1. The molecule has 0 unspecified atom stereocenters. The van der Waals surface area contributed by atoms with Gasteiger partial charge in [0, 0.05) is 37.4 Å². The summed E-state index contributed by atoms with van der Waals surface area (Å²) in [6.07, 6.45) is 4.52. The average Bonchev–Trinajstić information content (AvgIpc) is 2.64. The van der Waals surface area contributed by atoms with Crippen LogP contribution in [0.5, 0.6) is 5.75 Å². The van der Waals surface area contributed by atoms with Gasteiger partial charge in [-0.1, -0.05) is 6.92 Å². The fraction of sp³-hybridized carbons (Fsp3) is 0.667. The number of nitrogens with one attached hydrogen (secondary N) is 1. The number of amides is 1. The molecule has 3 rings (SSSR count). The van der Waals surface area contributed by atoms with Crippen molar-refractivity contribution in [3.8, 4) is 5.75 Å². The zero-order chi connectivity index (χ0) is 17.6. The van der Waals surface area contributed by atoms with E-state index in [4.69, 9.17) is 4.74 Å². The van der Waals surface area contributed by atoms with Crippen LogP contribution in [0, 0.1) is 11.8 Å². The second-order valence-electron chi connectivity index (χ2n) is 7.81. The van der Waals surface area contributed by atoms with Crippen LogP contribution in [-0.2, 0) is 11.3 Å². The van der Waals surface area contributed by atoms with Crippen molar-refractivity contribution in [3.05, 3.63) is 29.8 Å². The van der Waals surface area contributed by atoms with E-state index in [-0.39, 0.29) is 5.92 Å². The van der Waals surface area contributed by atoms with Gasteiger partial charge in [0.2, 0.25) is 5.91 Å². The normalized spacial score (nSPS) is 27.1. The lowest BCUT2D eigenvalue weighted by Crippen LogP contribution is -3.11. The van der Waals surface area contributed by atoms with Crippen molar-refractivity contribution < 1.29 is 14.4 Å². The van der Waals surface area contributed by atoms with Crippen molar-refractivity contribution in [1.29, 1.82) is 0 Å². The second kappa shape index (κ2) is 8.70. The maximum absolute atomic E-state index is 12.8. The van der Waals surface area contributed by atoms with Crippen LogP contribution in [0.15, 0.2) is 24.3 Å². The molecule has 2 aliphatic heterocycles. The van der Waals surface area contributed by atoms with Gasteiger partial charge in [-0.25, -0.2) is 0 Å². The molecular formula is C21H33N2O2+. The molecule has 1 atom stereocenters. The van der Waals surface area contributed by atoms with Crippen LogP contribution in [0.3, 0.4) is 0 Å². The summed E-state index contributed by atoms with van der Waals surface area (Å²) in [5, 5.41) is 0. The van der Waals surface area contributed by atoms with Gasteiger partial charge in [0.05, 0.1) is 19.7 Å². The first-order valence-electron chi connectivity index (χ1n) is 9.99. The smallest absolute Gasteiger partial charge is 0.226 e. The van der Waals surface area contributed by atoms with Crippen molar-refractivity contribution in [1.82, 2.24) is 4.90 Å². The molecule has 25 heavy (non-hydrogen) atoms. The number of ether oxygens (including phenoxy) is 1. The van der Waals surface area contributed by atoms with Crippen molar-refractivity contribution >= 4 is 5.91 Å². The Morgan fingerprint density at radius 1 is 1.20 bits per heavy atom. The third kappa shape index (κ3) is 4.97. The zero-order valence-corrected chi connectivity index (χ0v) is 15.8. The number of carbonyl (C=O) groups is 1. The van der Waals surface area contributed by atoms with E-state index in [0.717, 1.165) is 51.3 Å². The first-order chi connectivity index (χ1) is 12.2. The molecule has 4 heteroatoms. The fourth-order valence-electron chi connectivity index (χ4n) is 4.26. The molecule has 1 N–H and O–H groups in total. The van der Waals surface area contributed by atoms with Gasteiger partial charge in [-0.05, 0) is 49.9 Å². The maximum Gasteiger partial charge on any atom is 0.226 e. The Bertz CT molecular complexity index is 550. The van der Waals surface area contributed by atoms with Gasteiger partial charge in [0.15, 0.2) is 0 Å². The monoisotopic (exact) mass is 345 g/mol. The maximum atomic E-state index is 12.8. The lowest BCUT2D eigenvalue weighted by Gasteiger charge is -2.36. The summed E-state index contributed by atoms with van der Waals surface area (Å²) < 4.78 is 5.51. The quantitative estimate of drug-likeness (QED) is 0.887. The molecule has 4 nitrogen and oxygen atoms in total. The summed E-state index contributed by atoms with van der Waals surface area (Å²) in [5.74, 6) is 2.30. The van der Waals surface area contributed by atoms with Crippen LogP contribution in [0.1, 0.15) is 45.1 Å². The Hall–Kier alpha value is -1.55. The highest BCUT2D eigenvalue weighted by molar-refractivity contribution is 5.79. The highest BCUT2D eigenvalue weighted by Crippen LogP contribution is 2.21. The number of benzene rings is 1. The number of quaternary nitrogens is 1. The van der Waals surface area contributed by atoms with Crippen molar-refractivity contribution in [3.63, 3.8) is 0 Å². The van der Waals surface area contributed by atoms with Crippen LogP contribution in [0.4, 0.5) is 0 Å². The van der Waals surface area contributed by atoms with Gasteiger partial charge in [-0.3, -0.25) is 4.79 Å². The summed E-state index contributed by atoms with van der Waals surface area (Å²) in [7, 11) is 0. The number of likely N-dealkylation sites (tertiary alicyclic amines) is 2. The lowest BCUT2D eigenvalue weighted by molar-refractivity contribution is -0.919. The molecule has 2 fully saturated rings. The first kappa shape index (κ1) is 18.2. The number of hydrogen-bond donors (Lipinski definition) is 1. The van der Waals surface area contributed by atoms with Crippen LogP contribution >= 0.6 is 0 Å². The van der Waals surface area contributed by atoms with Gasteiger partial charge in [0.1, 0.15) is 12.3 Å². The predicted octanol–water partition coefficient (Wildman–Crippen LogP) is 2.14. The Morgan fingerprint density at radius 2 is 1.92 bits per heavy atom. The minimum absolute atomic E-state index is 0.259. The minimum atomic E-state index is 0.259. The summed E-state index contributed by atoms with van der Waals surface area (Å²) >= 11 is 0. The van der Waals surface area contributed by atoms with Gasteiger partial charge < -0.3 is 14.5 Å². The Balaban J connectivity index is 1.45. The van der Waals surface area contributed by atoms with Crippen LogP contribution in [-0.4, -0.2) is 43.6 Å². The van der Waals surface area contributed by atoms with E-state index >= 15 is 0 Å². The van der Waals surface area contributed by atoms with E-state index in [2.05, 4.69) is 36.1 Å². The molecule has 2 aliphatic rings. The molecule has 0 aliphatic carbocycles. The second-order valence-corrected chi connectivity index (χ2v) is 7.81. The summed E-state index contributed by atoms with van der Waals surface area (Å²) in [6, 6.07) is 8.47. The molecule has 0 spiro atoms. The molecule has 0 bridgehead atoms. The molecule has 1 aromatic rings. The number of nitrogens with zero attached hydrogens (tertiary/aromatic N) is 1. The molecule has 0 saturated carbocycles. The highest BCUT2D eigenvalue weighted by Gasteiger charge is 2.32. The predicted molar refractivity (Wildman–Crippen MR) is 99.7 cm³/mol. The Kier molecular flexibility index (Phi) is 6.35. The van der Waals surface area contributed by atoms with E-state index in [9.17, 15) is 4.79 Å². The first-order valence-corrected chi connectivity index (χ1v) is 9.99. The number of rotatable bonds is 5. The molecule has 1 aromatic carbocycles. The van der Waals surface area contributed by atoms with Crippen molar-refractivity contribution in [2.45, 2.75) is 46.1 Å². The zero-order valence-electron chi connectivity index (χ0n) is 15.8. The Morgan fingerprint density at radius 3 is 2.56 bits per heavy atom. The number of carbonyl (C=O) groups excluding carboxylic acids is 1. The molecule has 0 radical (unpaired) electrons. The van der Waals surface area contributed by atoms with Gasteiger partial charge in [0.25, 0.3) is 0 Å². The summed E-state index contributed by atoms with van der Waals surface area (Å²) in [4.78, 5) is 16.5. The summed E-state index contributed by atoms with van der Waals surface area (Å²) in [6.45, 7) is 10.2. The molecule has 2 saturated heterocycles. The minimum Gasteiger partial charge on any atom is -0.494 e. The highest BCUT2D eigenvalue weighted by atomic mass is 16.5. The topological polar surface area (TPSA) is 34.0 Å². The van der Waals surface area contributed by atoms with E-state index in [0.29, 0.717) is 18.4 Å². The van der Waals surface area contributed by atoms with Crippen LogP contribution < -0.4 is 9.64 Å². The molecular weight excluding hydrogens is 312 g/mol. The van der Waals surface area contributed by atoms with E-state index < -0.39 is 0 Å². The van der Waals surface area contributed by atoms with Crippen molar-refractivity contribution in [2.75, 3.05) is 32.8 Å². The fourth-order valence-corrected chi connectivity index (χ4v) is 4.26. The number of piperidine rings is 2. The van der Waals surface area contributed by atoms with E-state index in [1.165, 1.54) is 18.4 Å². The van der Waals surface area contributed by atoms with E-state index in [1.54, 1.807) is 4.90 Å². The van der Waals surface area contributed by atoms with Crippen LogP contribution in [0.25, 0.3) is 0 Å². The summed E-state index contributed by atoms with van der Waals surface area (Å²) in [5.41, 5.74) is 1.35. The Labute approximate surface area is 152 Å². The molecule has 0 aromatic heterocycles. The van der Waals surface area contributed by atoms with E-state index in [1.807, 2.05) is 6.92 Å². The molecule has 138 valence electrons. The third-order valence-corrected chi connectivity index (χ3v) is 5.70. The number of hydrogen-bond acceptors (Lipinski definition) is 2. The molecule has 1 amide bonds. The van der Waals surface area contributed by atoms with Crippen LogP contribution in [0.2, 0.25) is 0 Å². The standard InChI is InChI=1S/C21H32N2O2/c1-3-25-20-8-6-18(7-9-20)16-22-13-10-19(11-14-22)21(24)23-12-4-5-17(2)15-23/h6-9,17,19H,3-5,10-16H2,1-2H3/p+1/t17-/m0/s1. The largest absolute Gasteiger partial charge is 0.494 e. The average molecular weight is 346 g/mol.